The van der Waals surface area contributed by atoms with Gasteiger partial charge in [-0.25, -0.2) is 0 Å². The zero-order valence-electron chi connectivity index (χ0n) is 26.6. The summed E-state index contributed by atoms with van der Waals surface area (Å²) in [4.78, 5) is 2.59. The van der Waals surface area contributed by atoms with Crippen molar-refractivity contribution in [2.24, 2.45) is 0 Å². The van der Waals surface area contributed by atoms with E-state index in [2.05, 4.69) is 125 Å². The number of hydrogen-bond acceptors (Lipinski definition) is 2. The molecule has 0 radical (unpaired) electrons. The number of allylic oxidation sites excluding steroid dienone is 2. The molecule has 0 amide bonds. The lowest BCUT2D eigenvalue weighted by molar-refractivity contribution is 1.50. The molecule has 41 heavy (non-hydrogen) atoms. The van der Waals surface area contributed by atoms with Crippen molar-refractivity contribution in [1.29, 1.82) is 0 Å². The second kappa shape index (κ2) is 18.8. The predicted molar refractivity (Wildman–Crippen MR) is 198 cm³/mol. The van der Waals surface area contributed by atoms with Gasteiger partial charge in [-0.05, 0) is 60.2 Å². The van der Waals surface area contributed by atoms with E-state index in [9.17, 15) is 0 Å². The Bertz CT molecular complexity index is 1570. The molecule has 2 heterocycles. The van der Waals surface area contributed by atoms with E-state index in [0.29, 0.717) is 0 Å². The minimum Gasteiger partial charge on any atom is -0.139 e. The van der Waals surface area contributed by atoms with E-state index < -0.39 is 0 Å². The lowest BCUT2D eigenvalue weighted by Crippen LogP contribution is -1.83. The number of thiophene rings is 2. The Morgan fingerprint density at radius 1 is 0.610 bits per heavy atom. The van der Waals surface area contributed by atoms with Gasteiger partial charge in [0.2, 0.25) is 0 Å². The molecule has 0 aliphatic carbocycles. The zero-order valence-corrected chi connectivity index (χ0v) is 28.2. The summed E-state index contributed by atoms with van der Waals surface area (Å²) >= 11 is 3.72. The highest BCUT2D eigenvalue weighted by Crippen LogP contribution is 2.42. The van der Waals surface area contributed by atoms with E-state index in [-0.39, 0.29) is 0 Å². The SMILES string of the molecule is C=C.C=Cc1sc2c(-c3cccc(-c4cccc5c(/C=C\C)c(C)sc45)c3)cccc2c1/C=C\C.CC.CC.CC. The molecule has 0 saturated carbocycles. The minimum atomic E-state index is 1.22. The van der Waals surface area contributed by atoms with Gasteiger partial charge in [-0.2, -0.15) is 0 Å². The van der Waals surface area contributed by atoms with Crippen LogP contribution in [0, 0.1) is 6.92 Å². The Morgan fingerprint density at radius 3 is 1.54 bits per heavy atom. The third kappa shape index (κ3) is 7.85. The summed E-state index contributed by atoms with van der Waals surface area (Å²) in [5.41, 5.74) is 7.70. The highest BCUT2D eigenvalue weighted by atomic mass is 32.1. The standard InChI is InChI=1S/C31H26S2.3C2H6.C2H4/c1-5-11-23-20(4)32-30-24(15-9-17-27(23)30)21-13-8-14-22(19-21)25-16-10-18-28-26(12-6-2)29(7-3)33-31(25)28;4*1-2/h5-19H,3H2,1-2,4H3;3*1-2H3;1-2H2/b11-5-,12-6-;;;;. The molecule has 0 N–H and O–H groups in total. The van der Waals surface area contributed by atoms with Gasteiger partial charge in [-0.15, -0.1) is 35.8 Å². The molecule has 0 nitrogen and oxygen atoms in total. The molecule has 0 fully saturated rings. The van der Waals surface area contributed by atoms with Gasteiger partial charge < -0.3 is 0 Å². The first-order valence-electron chi connectivity index (χ1n) is 14.7. The predicted octanol–water partition coefficient (Wildman–Crippen LogP) is 14.3. The van der Waals surface area contributed by atoms with Gasteiger partial charge in [-0.1, -0.05) is 133 Å². The van der Waals surface area contributed by atoms with Gasteiger partial charge in [0.15, 0.2) is 0 Å². The van der Waals surface area contributed by atoms with Crippen LogP contribution in [0.1, 0.15) is 76.3 Å². The van der Waals surface area contributed by atoms with Crippen LogP contribution in [0.25, 0.3) is 60.7 Å². The van der Waals surface area contributed by atoms with Crippen LogP contribution in [0.3, 0.4) is 0 Å². The van der Waals surface area contributed by atoms with Gasteiger partial charge in [0, 0.05) is 29.9 Å². The molecular formula is C39H48S2. The van der Waals surface area contributed by atoms with Gasteiger partial charge in [0.25, 0.3) is 0 Å². The highest BCUT2D eigenvalue weighted by molar-refractivity contribution is 7.21. The lowest BCUT2D eigenvalue weighted by atomic mass is 9.96. The van der Waals surface area contributed by atoms with Crippen LogP contribution in [0.2, 0.25) is 0 Å². The van der Waals surface area contributed by atoms with Gasteiger partial charge in [0.05, 0.1) is 0 Å². The molecule has 3 aromatic carbocycles. The fraction of sp³-hybridized carbons (Fsp3) is 0.231. The van der Waals surface area contributed by atoms with E-state index >= 15 is 0 Å². The van der Waals surface area contributed by atoms with E-state index in [4.69, 9.17) is 0 Å². The summed E-state index contributed by atoms with van der Waals surface area (Å²) in [5, 5.41) is 2.63. The van der Waals surface area contributed by atoms with Crippen LogP contribution in [-0.2, 0) is 0 Å². The van der Waals surface area contributed by atoms with Crippen LogP contribution in [-0.4, -0.2) is 0 Å². The van der Waals surface area contributed by atoms with Crippen LogP contribution >= 0.6 is 22.7 Å². The average molecular weight is 581 g/mol. The Hall–Kier alpha value is -3.46. The highest BCUT2D eigenvalue weighted by Gasteiger charge is 2.15. The van der Waals surface area contributed by atoms with Gasteiger partial charge in [0.1, 0.15) is 0 Å². The molecule has 0 spiro atoms. The molecular weight excluding hydrogens is 533 g/mol. The maximum atomic E-state index is 4.05. The normalized spacial score (nSPS) is 10.2. The topological polar surface area (TPSA) is 0 Å². The molecule has 2 heteroatoms. The summed E-state index contributed by atoms with van der Waals surface area (Å²) in [6, 6.07) is 22.3. The van der Waals surface area contributed by atoms with Crippen LogP contribution in [0.15, 0.2) is 92.6 Å². The van der Waals surface area contributed by atoms with E-state index in [1.54, 1.807) is 0 Å². The van der Waals surface area contributed by atoms with Crippen molar-refractivity contribution < 1.29 is 0 Å². The van der Waals surface area contributed by atoms with Crippen molar-refractivity contribution in [1.82, 2.24) is 0 Å². The number of aryl methyl sites for hydroxylation is 1. The first-order chi connectivity index (χ1) is 20.2. The minimum absolute atomic E-state index is 1.22. The van der Waals surface area contributed by atoms with Crippen molar-refractivity contribution in [3.8, 4) is 22.3 Å². The number of hydrogen-bond donors (Lipinski definition) is 0. The summed E-state index contributed by atoms with van der Waals surface area (Å²) < 4.78 is 2.68. The van der Waals surface area contributed by atoms with Crippen molar-refractivity contribution >= 4 is 61.1 Å². The summed E-state index contributed by atoms with van der Waals surface area (Å²) in [5.74, 6) is 0. The fourth-order valence-corrected chi connectivity index (χ4v) is 6.94. The monoisotopic (exact) mass is 580 g/mol. The smallest absolute Gasteiger partial charge is 0.0433 e. The largest absolute Gasteiger partial charge is 0.139 e. The molecule has 5 rings (SSSR count). The van der Waals surface area contributed by atoms with E-state index in [1.165, 1.54) is 63.3 Å². The molecule has 216 valence electrons. The fourth-order valence-electron chi connectivity index (χ4n) is 4.59. The van der Waals surface area contributed by atoms with Crippen molar-refractivity contribution in [3.63, 3.8) is 0 Å². The van der Waals surface area contributed by atoms with Crippen molar-refractivity contribution in [2.45, 2.75) is 62.3 Å². The Morgan fingerprint density at radius 2 is 1.05 bits per heavy atom. The molecule has 0 atom stereocenters. The number of fused-ring (bicyclic) bond motifs is 2. The number of benzene rings is 3. The quantitative estimate of drug-likeness (QED) is 0.181. The molecule has 0 bridgehead atoms. The lowest BCUT2D eigenvalue weighted by Gasteiger charge is -2.09. The molecule has 0 unspecified atom stereocenters. The second-order valence-electron chi connectivity index (χ2n) is 8.10. The van der Waals surface area contributed by atoms with Crippen molar-refractivity contribution in [3.05, 3.63) is 113 Å². The van der Waals surface area contributed by atoms with E-state index in [0.717, 1.165) is 0 Å². The number of rotatable bonds is 5. The van der Waals surface area contributed by atoms with E-state index in [1.807, 2.05) is 70.3 Å². The summed E-state index contributed by atoms with van der Waals surface area (Å²) in [6.07, 6.45) is 10.6. The molecule has 5 aromatic rings. The molecule has 0 saturated heterocycles. The van der Waals surface area contributed by atoms with Crippen molar-refractivity contribution in [2.75, 3.05) is 0 Å². The van der Waals surface area contributed by atoms with Crippen LogP contribution in [0.4, 0.5) is 0 Å². The molecule has 0 aliphatic heterocycles. The zero-order chi connectivity index (χ0) is 30.9. The van der Waals surface area contributed by atoms with Gasteiger partial charge in [-0.3, -0.25) is 0 Å². The first kappa shape index (κ1) is 35.6. The maximum Gasteiger partial charge on any atom is 0.0433 e. The summed E-state index contributed by atoms with van der Waals surface area (Å²) in [6.45, 7) is 28.4. The Balaban J connectivity index is 0.000000969. The van der Waals surface area contributed by atoms with Gasteiger partial charge >= 0.3 is 0 Å². The molecule has 0 aliphatic rings. The van der Waals surface area contributed by atoms with Crippen LogP contribution < -0.4 is 0 Å². The maximum absolute atomic E-state index is 4.05. The Kier molecular flexibility index (Phi) is 16.3. The molecule has 2 aromatic heterocycles. The second-order valence-corrected chi connectivity index (χ2v) is 10.4. The Labute approximate surface area is 258 Å². The third-order valence-corrected chi connectivity index (χ3v) is 8.48. The van der Waals surface area contributed by atoms with Crippen LogP contribution in [0.5, 0.6) is 0 Å². The third-order valence-electron chi connectivity index (χ3n) is 6.06. The average Bonchev–Trinajstić information content (AvgIpc) is 3.58. The first-order valence-corrected chi connectivity index (χ1v) is 16.4. The summed E-state index contributed by atoms with van der Waals surface area (Å²) in [7, 11) is 0.